The first-order valence-electron chi connectivity index (χ1n) is 11.6. The van der Waals surface area contributed by atoms with Crippen LogP contribution in [-0.4, -0.2) is 32.0 Å². The molecule has 0 atom stereocenters. The van der Waals surface area contributed by atoms with Crippen LogP contribution < -0.4 is 4.74 Å². The van der Waals surface area contributed by atoms with Gasteiger partial charge < -0.3 is 14.7 Å². The van der Waals surface area contributed by atoms with Crippen LogP contribution in [0.3, 0.4) is 0 Å². The van der Waals surface area contributed by atoms with Crippen molar-refractivity contribution < 1.29 is 21.8 Å². The molecule has 37 heavy (non-hydrogen) atoms. The molecule has 0 spiro atoms. The maximum absolute atomic E-state index is 5.19. The number of aromatic nitrogens is 5. The summed E-state index contributed by atoms with van der Waals surface area (Å²) in [6, 6.07) is 26.2. The Kier molecular flexibility index (Phi) is 6.99. The molecule has 2 aliphatic rings. The van der Waals surface area contributed by atoms with Gasteiger partial charge in [-0.15, -0.1) is 0 Å². The van der Waals surface area contributed by atoms with Gasteiger partial charge in [-0.2, -0.15) is 0 Å². The summed E-state index contributed by atoms with van der Waals surface area (Å²) in [7, 11) is 1.67. The van der Waals surface area contributed by atoms with Crippen molar-refractivity contribution in [2.24, 2.45) is 0 Å². The van der Waals surface area contributed by atoms with Gasteiger partial charge in [0.05, 0.1) is 35.4 Å². The van der Waals surface area contributed by atoms with E-state index in [2.05, 4.69) is 55.3 Å². The van der Waals surface area contributed by atoms with Gasteiger partial charge in [0.25, 0.3) is 0 Å². The molecule has 7 rings (SSSR count). The summed E-state index contributed by atoms with van der Waals surface area (Å²) in [6.07, 6.45) is 9.83. The third-order valence-corrected chi connectivity index (χ3v) is 5.87. The molecule has 0 aliphatic carbocycles. The molecule has 0 amide bonds. The molecule has 0 fully saturated rings. The third-order valence-electron chi connectivity index (χ3n) is 5.87. The Balaban J connectivity index is 0.000000183. The normalized spacial score (nSPS) is 11.5. The SMILES string of the molecule is C1=Cc2cc3ccc(cc4ccc(cc5nc(cc1n2)C=C5)[nH]4)[nH]3.COc1cccc2ncccc12.[Mn]. The molecule has 0 unspecified atom stereocenters. The monoisotopic (exact) mass is 524 g/mol. The van der Waals surface area contributed by atoms with Gasteiger partial charge in [0.2, 0.25) is 0 Å². The summed E-state index contributed by atoms with van der Waals surface area (Å²) in [5.41, 5.74) is 8.83. The number of H-pyrrole nitrogens is 2. The molecular formula is C30H23MnN5O. The van der Waals surface area contributed by atoms with Crippen LogP contribution in [0.15, 0.2) is 85.1 Å². The molecule has 0 saturated heterocycles. The zero-order chi connectivity index (χ0) is 24.3. The molecule has 1 aromatic carbocycles. The van der Waals surface area contributed by atoms with Crippen molar-refractivity contribution in [3.63, 3.8) is 0 Å². The maximum Gasteiger partial charge on any atom is 0.128 e. The average Bonchev–Trinajstić information content (AvgIpc) is 3.70. The van der Waals surface area contributed by atoms with Crippen molar-refractivity contribution in [2.45, 2.75) is 0 Å². The van der Waals surface area contributed by atoms with E-state index in [1.54, 1.807) is 13.3 Å². The second-order valence-electron chi connectivity index (χ2n) is 8.44. The Labute approximate surface area is 224 Å². The Morgan fingerprint density at radius 1 is 0.595 bits per heavy atom. The van der Waals surface area contributed by atoms with Crippen molar-refractivity contribution in [1.29, 1.82) is 0 Å². The van der Waals surface area contributed by atoms with Crippen molar-refractivity contribution in [3.8, 4) is 5.75 Å². The quantitative estimate of drug-likeness (QED) is 0.229. The molecule has 2 aliphatic heterocycles. The number of methoxy groups -OCH3 is 1. The largest absolute Gasteiger partial charge is 0.496 e. The number of ether oxygens (including phenoxy) is 1. The fourth-order valence-corrected chi connectivity index (χ4v) is 4.20. The molecule has 181 valence electrons. The van der Waals surface area contributed by atoms with E-state index in [-0.39, 0.29) is 17.1 Å². The zero-order valence-electron chi connectivity index (χ0n) is 20.0. The first-order valence-corrected chi connectivity index (χ1v) is 11.6. The van der Waals surface area contributed by atoms with Gasteiger partial charge in [-0.25, -0.2) is 9.97 Å². The van der Waals surface area contributed by atoms with Crippen molar-refractivity contribution >= 4 is 57.3 Å². The first-order chi connectivity index (χ1) is 17.7. The maximum atomic E-state index is 5.19. The van der Waals surface area contributed by atoms with E-state index < -0.39 is 0 Å². The number of rotatable bonds is 1. The Hall–Kier alpha value is -4.45. The molecule has 5 aromatic rings. The Morgan fingerprint density at radius 3 is 1.70 bits per heavy atom. The van der Waals surface area contributed by atoms with E-state index in [0.29, 0.717) is 0 Å². The van der Waals surface area contributed by atoms with E-state index in [9.17, 15) is 0 Å². The Bertz CT molecular complexity index is 1700. The van der Waals surface area contributed by atoms with Gasteiger partial charge in [-0.3, -0.25) is 4.98 Å². The molecule has 8 bridgehead atoms. The first kappa shape index (κ1) is 24.3. The number of nitrogens with one attached hydrogen (secondary N) is 2. The number of nitrogens with zero attached hydrogens (tertiary/aromatic N) is 3. The number of hydrogen-bond acceptors (Lipinski definition) is 4. The van der Waals surface area contributed by atoms with Gasteiger partial charge >= 0.3 is 0 Å². The van der Waals surface area contributed by atoms with Gasteiger partial charge in [-0.05, 0) is 97.1 Å². The van der Waals surface area contributed by atoms with E-state index in [1.165, 1.54) is 0 Å². The third kappa shape index (κ3) is 5.53. The molecule has 2 N–H and O–H groups in total. The fourth-order valence-electron chi connectivity index (χ4n) is 4.20. The topological polar surface area (TPSA) is 79.5 Å². The Morgan fingerprint density at radius 2 is 1.14 bits per heavy atom. The second-order valence-corrected chi connectivity index (χ2v) is 8.44. The van der Waals surface area contributed by atoms with Crippen molar-refractivity contribution in [2.75, 3.05) is 7.11 Å². The molecule has 4 aromatic heterocycles. The molecule has 7 heteroatoms. The van der Waals surface area contributed by atoms with Gasteiger partial charge in [0.1, 0.15) is 5.75 Å². The van der Waals surface area contributed by atoms with Crippen LogP contribution in [0, 0.1) is 0 Å². The summed E-state index contributed by atoms with van der Waals surface area (Å²) in [4.78, 5) is 20.2. The van der Waals surface area contributed by atoms with Crippen LogP contribution in [-0.2, 0) is 17.1 Å². The summed E-state index contributed by atoms with van der Waals surface area (Å²) >= 11 is 0. The number of aromatic amines is 2. The summed E-state index contributed by atoms with van der Waals surface area (Å²) in [6.45, 7) is 0. The van der Waals surface area contributed by atoms with E-state index in [1.807, 2.05) is 72.8 Å². The molecule has 1 radical (unpaired) electrons. The predicted molar refractivity (Wildman–Crippen MR) is 147 cm³/mol. The standard InChI is InChI=1S/C20H14N4.C10H9NO.Mn/c1-2-14-10-16-5-6-18(23-16)12-20-8-7-19(24-20)11-17-4-3-15(22-17)9-13(1)21-14;1-12-10-6-2-5-9-8(10)4-3-7-11-9;/h1-12,21-22H;2-7H,1H3;. The molecule has 0 saturated carbocycles. The number of fused-ring (bicyclic) bond motifs is 9. The van der Waals surface area contributed by atoms with Crippen LogP contribution in [0.25, 0.3) is 57.3 Å². The molecule has 6 heterocycles. The van der Waals surface area contributed by atoms with E-state index in [0.717, 1.165) is 61.5 Å². The zero-order valence-corrected chi connectivity index (χ0v) is 21.2. The van der Waals surface area contributed by atoms with Crippen LogP contribution >= 0.6 is 0 Å². The molecular weight excluding hydrogens is 501 g/mol. The number of benzene rings is 1. The van der Waals surface area contributed by atoms with Crippen molar-refractivity contribution in [1.82, 2.24) is 24.9 Å². The summed E-state index contributed by atoms with van der Waals surface area (Å²) in [5.74, 6) is 0.876. The van der Waals surface area contributed by atoms with Gasteiger partial charge in [0.15, 0.2) is 0 Å². The smallest absolute Gasteiger partial charge is 0.128 e. The minimum Gasteiger partial charge on any atom is -0.496 e. The van der Waals surface area contributed by atoms with E-state index >= 15 is 0 Å². The minimum absolute atomic E-state index is 0. The van der Waals surface area contributed by atoms with E-state index in [4.69, 9.17) is 4.74 Å². The van der Waals surface area contributed by atoms with Crippen molar-refractivity contribution in [3.05, 3.63) is 108 Å². The number of hydrogen-bond donors (Lipinski definition) is 2. The van der Waals surface area contributed by atoms with Crippen LogP contribution in [0.2, 0.25) is 0 Å². The van der Waals surface area contributed by atoms with Crippen LogP contribution in [0.4, 0.5) is 0 Å². The fraction of sp³-hybridized carbons (Fsp3) is 0.0333. The van der Waals surface area contributed by atoms with Gasteiger partial charge in [0, 0.05) is 50.7 Å². The average molecular weight is 524 g/mol. The van der Waals surface area contributed by atoms with Crippen LogP contribution in [0.5, 0.6) is 5.75 Å². The second kappa shape index (κ2) is 10.7. The summed E-state index contributed by atoms with van der Waals surface area (Å²) in [5, 5.41) is 1.06. The van der Waals surface area contributed by atoms with Crippen LogP contribution in [0.1, 0.15) is 22.8 Å². The summed E-state index contributed by atoms with van der Waals surface area (Å²) < 4.78 is 5.19. The minimum atomic E-state index is 0. The predicted octanol–water partition coefficient (Wildman–Crippen LogP) is 6.90. The van der Waals surface area contributed by atoms with Gasteiger partial charge in [-0.1, -0.05) is 6.07 Å². The number of pyridine rings is 1. The molecule has 6 nitrogen and oxygen atoms in total.